The summed E-state index contributed by atoms with van der Waals surface area (Å²) in [6, 6.07) is 21.4. The van der Waals surface area contributed by atoms with Crippen LogP contribution in [0.1, 0.15) is 22.9 Å². The van der Waals surface area contributed by atoms with Gasteiger partial charge in [-0.3, -0.25) is 4.21 Å². The van der Waals surface area contributed by atoms with Gasteiger partial charge < -0.3 is 19.8 Å². The summed E-state index contributed by atoms with van der Waals surface area (Å²) in [5.41, 5.74) is 3.34. The smallest absolute Gasteiger partial charge is 0.138 e. The van der Waals surface area contributed by atoms with Crippen molar-refractivity contribution in [2.75, 3.05) is 24.4 Å². The first-order chi connectivity index (χ1) is 19.4. The standard InChI is InChI=1S/C30H28ClFN4O3S/c1-33-26(17-40(2)37)29-11-10-27(39-29)21-7-8-25-23(14-21)30(36-18-35-25)34-15-19-6-9-28(24(31)13-19)38-16-20-4-3-5-22(32)12-20/h3-14,18,26,33H,15-17H2,1-2H3,(H,34,35,36). The molecule has 2 unspecified atom stereocenters. The summed E-state index contributed by atoms with van der Waals surface area (Å²) in [5, 5.41) is 7.85. The van der Waals surface area contributed by atoms with Gasteiger partial charge in [0.1, 0.15) is 41.8 Å². The molecule has 0 bridgehead atoms. The van der Waals surface area contributed by atoms with Gasteiger partial charge in [0.15, 0.2) is 0 Å². The Morgan fingerprint density at radius 2 is 1.93 bits per heavy atom. The number of rotatable bonds is 11. The largest absolute Gasteiger partial charge is 0.487 e. The van der Waals surface area contributed by atoms with Crippen LogP contribution in [0.2, 0.25) is 5.02 Å². The van der Waals surface area contributed by atoms with Crippen LogP contribution < -0.4 is 15.4 Å². The average molecular weight is 579 g/mol. The van der Waals surface area contributed by atoms with Crippen molar-refractivity contribution < 1.29 is 17.8 Å². The molecule has 0 aliphatic heterocycles. The van der Waals surface area contributed by atoms with Gasteiger partial charge in [-0.1, -0.05) is 29.8 Å². The lowest BCUT2D eigenvalue weighted by atomic mass is 10.1. The lowest BCUT2D eigenvalue weighted by Gasteiger charge is -2.12. The summed E-state index contributed by atoms with van der Waals surface area (Å²) in [4.78, 5) is 8.86. The van der Waals surface area contributed by atoms with Crippen molar-refractivity contribution in [3.8, 4) is 17.1 Å². The minimum atomic E-state index is -0.959. The molecule has 40 heavy (non-hydrogen) atoms. The van der Waals surface area contributed by atoms with Crippen LogP contribution in [0.5, 0.6) is 5.75 Å². The fraction of sp³-hybridized carbons (Fsp3) is 0.200. The predicted molar refractivity (Wildman–Crippen MR) is 157 cm³/mol. The number of hydrogen-bond donors (Lipinski definition) is 2. The van der Waals surface area contributed by atoms with Crippen LogP contribution in [0.4, 0.5) is 10.2 Å². The summed E-state index contributed by atoms with van der Waals surface area (Å²) < 4.78 is 37.0. The highest BCUT2D eigenvalue weighted by molar-refractivity contribution is 7.84. The molecular formula is C30H28ClFN4O3S. The maximum Gasteiger partial charge on any atom is 0.138 e. The molecule has 0 fully saturated rings. The zero-order valence-electron chi connectivity index (χ0n) is 22.0. The number of aromatic nitrogens is 2. The van der Waals surface area contributed by atoms with Crippen LogP contribution in [0.25, 0.3) is 22.2 Å². The van der Waals surface area contributed by atoms with Crippen LogP contribution in [0.3, 0.4) is 0 Å². The van der Waals surface area contributed by atoms with Gasteiger partial charge in [0, 0.05) is 40.3 Å². The molecule has 0 saturated heterocycles. The van der Waals surface area contributed by atoms with Gasteiger partial charge in [0.05, 0.1) is 16.6 Å². The Bertz CT molecular complexity index is 1660. The molecule has 5 rings (SSSR count). The lowest BCUT2D eigenvalue weighted by Crippen LogP contribution is -2.21. The van der Waals surface area contributed by atoms with Crippen molar-refractivity contribution in [2.45, 2.75) is 19.2 Å². The van der Waals surface area contributed by atoms with Gasteiger partial charge in [-0.05, 0) is 72.8 Å². The number of nitrogens with one attached hydrogen (secondary N) is 2. The summed E-state index contributed by atoms with van der Waals surface area (Å²) in [5.74, 6) is 2.80. The molecule has 0 aliphatic carbocycles. The van der Waals surface area contributed by atoms with E-state index in [1.165, 1.54) is 18.5 Å². The van der Waals surface area contributed by atoms with E-state index in [0.29, 0.717) is 34.6 Å². The van der Waals surface area contributed by atoms with E-state index in [2.05, 4.69) is 20.6 Å². The van der Waals surface area contributed by atoms with Crippen molar-refractivity contribution in [1.82, 2.24) is 15.3 Å². The fourth-order valence-corrected chi connectivity index (χ4v) is 5.39. The first-order valence-corrected chi connectivity index (χ1v) is 14.7. The highest BCUT2D eigenvalue weighted by Gasteiger charge is 2.17. The molecule has 2 heterocycles. The van der Waals surface area contributed by atoms with Crippen molar-refractivity contribution in [2.24, 2.45) is 0 Å². The number of halogens is 2. The Kier molecular flexibility index (Phi) is 8.74. The zero-order valence-corrected chi connectivity index (χ0v) is 23.6. The maximum atomic E-state index is 13.4. The number of fused-ring (bicyclic) bond motifs is 1. The van der Waals surface area contributed by atoms with E-state index < -0.39 is 10.8 Å². The number of hydrogen-bond acceptors (Lipinski definition) is 7. The summed E-state index contributed by atoms with van der Waals surface area (Å²) in [7, 11) is 0.866. The lowest BCUT2D eigenvalue weighted by molar-refractivity contribution is 0.305. The van der Waals surface area contributed by atoms with Crippen molar-refractivity contribution >= 4 is 39.1 Å². The molecule has 0 aliphatic rings. The maximum absolute atomic E-state index is 13.4. The van der Waals surface area contributed by atoms with E-state index in [-0.39, 0.29) is 18.5 Å². The van der Waals surface area contributed by atoms with Crippen molar-refractivity contribution in [3.05, 3.63) is 107 Å². The minimum Gasteiger partial charge on any atom is -0.487 e. The quantitative estimate of drug-likeness (QED) is 0.185. The topological polar surface area (TPSA) is 89.3 Å². The Balaban J connectivity index is 1.30. The molecule has 10 heteroatoms. The molecule has 0 amide bonds. The minimum absolute atomic E-state index is 0.134. The van der Waals surface area contributed by atoms with Gasteiger partial charge in [-0.2, -0.15) is 0 Å². The third-order valence-electron chi connectivity index (χ3n) is 6.38. The number of anilines is 1. The number of furan rings is 1. The first kappa shape index (κ1) is 27.8. The summed E-state index contributed by atoms with van der Waals surface area (Å²) in [6.07, 6.45) is 3.20. The van der Waals surface area contributed by atoms with Crippen LogP contribution in [0, 0.1) is 5.82 Å². The van der Waals surface area contributed by atoms with Crippen molar-refractivity contribution in [1.29, 1.82) is 0 Å². The van der Waals surface area contributed by atoms with E-state index in [9.17, 15) is 8.60 Å². The van der Waals surface area contributed by atoms with Crippen molar-refractivity contribution in [3.63, 3.8) is 0 Å². The molecule has 0 spiro atoms. The molecule has 2 N–H and O–H groups in total. The molecule has 2 aromatic heterocycles. The monoisotopic (exact) mass is 578 g/mol. The van der Waals surface area contributed by atoms with Gasteiger partial charge >= 0.3 is 0 Å². The van der Waals surface area contributed by atoms with Crippen LogP contribution in [-0.2, 0) is 24.0 Å². The molecule has 7 nitrogen and oxygen atoms in total. The number of benzene rings is 3. The molecular weight excluding hydrogens is 551 g/mol. The van der Waals surface area contributed by atoms with Gasteiger partial charge in [0.25, 0.3) is 0 Å². The molecule has 3 aromatic carbocycles. The third-order valence-corrected chi connectivity index (χ3v) is 7.48. The number of nitrogens with zero attached hydrogens (tertiary/aromatic N) is 2. The SMILES string of the molecule is CNC(CS(C)=O)c1ccc(-c2ccc3ncnc(NCc4ccc(OCc5cccc(F)c5)c(Cl)c4)c3c2)o1. The highest BCUT2D eigenvalue weighted by atomic mass is 35.5. The van der Waals surface area contributed by atoms with Gasteiger partial charge in [0.2, 0.25) is 0 Å². The van der Waals surface area contributed by atoms with Crippen LogP contribution >= 0.6 is 11.6 Å². The highest BCUT2D eigenvalue weighted by Crippen LogP contribution is 2.31. The summed E-state index contributed by atoms with van der Waals surface area (Å²) >= 11 is 6.47. The Hall–Kier alpha value is -3.79. The van der Waals surface area contributed by atoms with E-state index >= 15 is 0 Å². The van der Waals surface area contributed by atoms with E-state index in [1.54, 1.807) is 24.5 Å². The third kappa shape index (κ3) is 6.67. The Morgan fingerprint density at radius 1 is 1.05 bits per heavy atom. The van der Waals surface area contributed by atoms with Gasteiger partial charge in [-0.15, -0.1) is 0 Å². The van der Waals surface area contributed by atoms with E-state index in [0.717, 1.165) is 33.4 Å². The first-order valence-electron chi connectivity index (χ1n) is 12.6. The number of ether oxygens (including phenoxy) is 1. The second-order valence-electron chi connectivity index (χ2n) is 9.27. The zero-order chi connectivity index (χ0) is 28.1. The molecule has 206 valence electrons. The fourth-order valence-electron chi connectivity index (χ4n) is 4.33. The normalized spacial score (nSPS) is 12.8. The van der Waals surface area contributed by atoms with Crippen LogP contribution in [0.15, 0.2) is 83.5 Å². The Labute approximate surface area is 239 Å². The van der Waals surface area contributed by atoms with Crippen LogP contribution in [-0.4, -0.2) is 33.2 Å². The van der Waals surface area contributed by atoms with E-state index in [4.69, 9.17) is 20.8 Å². The molecule has 2 atom stereocenters. The molecule has 5 aromatic rings. The summed E-state index contributed by atoms with van der Waals surface area (Å²) in [6.45, 7) is 0.693. The average Bonchev–Trinajstić information content (AvgIpc) is 3.44. The Morgan fingerprint density at radius 3 is 2.70 bits per heavy atom. The molecule has 0 saturated carbocycles. The predicted octanol–water partition coefficient (Wildman–Crippen LogP) is 6.51. The molecule has 0 radical (unpaired) electrons. The van der Waals surface area contributed by atoms with Gasteiger partial charge in [-0.25, -0.2) is 14.4 Å². The van der Waals surface area contributed by atoms with E-state index in [1.807, 2.05) is 49.5 Å². The second kappa shape index (κ2) is 12.6. The second-order valence-corrected chi connectivity index (χ2v) is 11.2.